The molecule has 2 aromatic rings. The molecule has 6 heteroatoms. The molecule has 0 aliphatic heterocycles. The van der Waals surface area contributed by atoms with E-state index in [1.54, 1.807) is 13.8 Å². The van der Waals surface area contributed by atoms with Gasteiger partial charge in [-0.3, -0.25) is 4.79 Å². The summed E-state index contributed by atoms with van der Waals surface area (Å²) in [5.74, 6) is 0.168. The molecule has 0 saturated heterocycles. The first kappa shape index (κ1) is 28.1. The third-order valence-electron chi connectivity index (χ3n) is 5.00. The van der Waals surface area contributed by atoms with Crippen LogP contribution in [0.1, 0.15) is 65.5 Å². The summed E-state index contributed by atoms with van der Waals surface area (Å²) in [6.07, 6.45) is 3.80. The Bertz CT molecular complexity index is 1020. The number of ether oxygens (including phenoxy) is 3. The van der Waals surface area contributed by atoms with Crippen molar-refractivity contribution >= 4 is 18.0 Å². The van der Waals surface area contributed by atoms with Crippen LogP contribution in [-0.2, 0) is 25.6 Å². The van der Waals surface area contributed by atoms with E-state index in [9.17, 15) is 9.59 Å². The first-order valence-electron chi connectivity index (χ1n) is 12.3. The van der Waals surface area contributed by atoms with Gasteiger partial charge in [0.1, 0.15) is 11.4 Å². The van der Waals surface area contributed by atoms with Crippen molar-refractivity contribution in [2.75, 3.05) is 19.8 Å². The highest BCUT2D eigenvalue weighted by atomic mass is 16.6. The van der Waals surface area contributed by atoms with E-state index in [1.165, 1.54) is 0 Å². The van der Waals surface area contributed by atoms with Crippen LogP contribution >= 0.6 is 0 Å². The molecule has 0 fully saturated rings. The van der Waals surface area contributed by atoms with E-state index in [2.05, 4.69) is 18.3 Å². The van der Waals surface area contributed by atoms with Gasteiger partial charge in [-0.1, -0.05) is 43.7 Å². The first-order valence-corrected chi connectivity index (χ1v) is 12.3. The average molecular weight is 482 g/mol. The minimum absolute atomic E-state index is 0.147. The molecular weight excluding hydrogens is 442 g/mol. The molecule has 0 saturated carbocycles. The first-order chi connectivity index (χ1) is 16.6. The van der Waals surface area contributed by atoms with Gasteiger partial charge in [-0.05, 0) is 75.9 Å². The molecule has 1 N–H and O–H groups in total. The fraction of sp³-hybridized carbons (Fsp3) is 0.448. The van der Waals surface area contributed by atoms with Crippen LogP contribution in [0, 0.1) is 0 Å². The lowest BCUT2D eigenvalue weighted by molar-refractivity contribution is -0.153. The number of unbranched alkanes of at least 4 members (excludes halogenated alkanes) is 1. The van der Waals surface area contributed by atoms with Gasteiger partial charge in [0, 0.05) is 17.7 Å². The number of rotatable bonds is 12. The molecule has 0 heterocycles. The summed E-state index contributed by atoms with van der Waals surface area (Å²) in [5, 5.41) is 3.15. The quantitative estimate of drug-likeness (QED) is 0.230. The SMILES string of the molecule is CCCCOc1cc(C=C(C)C(=O)OCC)ccc1-c1cccc(CNCC(=O)OC(C)(C)C)c1. The topological polar surface area (TPSA) is 73.9 Å². The minimum Gasteiger partial charge on any atom is -0.493 e. The Labute approximate surface area is 209 Å². The maximum Gasteiger partial charge on any atom is 0.333 e. The zero-order chi connectivity index (χ0) is 25.8. The Hall–Kier alpha value is -3.12. The van der Waals surface area contributed by atoms with E-state index < -0.39 is 5.60 Å². The second kappa shape index (κ2) is 13.7. The molecule has 6 nitrogen and oxygen atoms in total. The Balaban J connectivity index is 2.22. The van der Waals surface area contributed by atoms with Crippen molar-refractivity contribution in [1.29, 1.82) is 0 Å². The fourth-order valence-electron chi connectivity index (χ4n) is 3.40. The summed E-state index contributed by atoms with van der Waals surface area (Å²) in [4.78, 5) is 24.0. The molecule has 2 aromatic carbocycles. The number of carbonyl (C=O) groups is 2. The minimum atomic E-state index is -0.497. The summed E-state index contributed by atoms with van der Waals surface area (Å²) in [5.41, 5.74) is 3.96. The van der Waals surface area contributed by atoms with E-state index in [0.717, 1.165) is 40.8 Å². The predicted octanol–water partition coefficient (Wildman–Crippen LogP) is 5.93. The molecule has 0 amide bonds. The largest absolute Gasteiger partial charge is 0.493 e. The molecule has 2 rings (SSSR count). The van der Waals surface area contributed by atoms with Gasteiger partial charge in [-0.25, -0.2) is 4.79 Å². The van der Waals surface area contributed by atoms with Crippen LogP contribution in [0.25, 0.3) is 17.2 Å². The molecular formula is C29H39NO5. The van der Waals surface area contributed by atoms with Gasteiger partial charge >= 0.3 is 11.9 Å². The van der Waals surface area contributed by atoms with Crippen molar-refractivity contribution in [2.24, 2.45) is 0 Å². The summed E-state index contributed by atoms with van der Waals surface area (Å²) < 4.78 is 16.6. The van der Waals surface area contributed by atoms with Crippen LogP contribution in [0.4, 0.5) is 0 Å². The maximum absolute atomic E-state index is 12.0. The summed E-state index contributed by atoms with van der Waals surface area (Å²) in [6.45, 7) is 12.9. The van der Waals surface area contributed by atoms with Crippen LogP contribution in [0.5, 0.6) is 5.75 Å². The number of benzene rings is 2. The molecule has 0 radical (unpaired) electrons. The van der Waals surface area contributed by atoms with E-state index in [4.69, 9.17) is 14.2 Å². The smallest absolute Gasteiger partial charge is 0.333 e. The third-order valence-corrected chi connectivity index (χ3v) is 5.00. The van der Waals surface area contributed by atoms with Crippen LogP contribution < -0.4 is 10.1 Å². The number of nitrogens with one attached hydrogen (secondary N) is 1. The molecule has 0 bridgehead atoms. The van der Waals surface area contributed by atoms with Gasteiger partial charge < -0.3 is 19.5 Å². The monoisotopic (exact) mass is 481 g/mol. The van der Waals surface area contributed by atoms with E-state index in [1.807, 2.05) is 63.2 Å². The molecule has 0 aliphatic carbocycles. The Morgan fingerprint density at radius 3 is 2.51 bits per heavy atom. The van der Waals surface area contributed by atoms with Gasteiger partial charge in [0.2, 0.25) is 0 Å². The molecule has 0 aromatic heterocycles. The van der Waals surface area contributed by atoms with Crippen molar-refractivity contribution < 1.29 is 23.8 Å². The van der Waals surface area contributed by atoms with Gasteiger partial charge in [0.25, 0.3) is 0 Å². The number of hydrogen-bond acceptors (Lipinski definition) is 6. The molecule has 190 valence electrons. The summed E-state index contributed by atoms with van der Waals surface area (Å²) in [7, 11) is 0. The highest BCUT2D eigenvalue weighted by molar-refractivity contribution is 5.93. The number of esters is 2. The maximum atomic E-state index is 12.0. The Kier molecular flexibility index (Phi) is 11.0. The van der Waals surface area contributed by atoms with Crippen molar-refractivity contribution in [1.82, 2.24) is 5.32 Å². The number of carbonyl (C=O) groups excluding carboxylic acids is 2. The summed E-state index contributed by atoms with van der Waals surface area (Å²) >= 11 is 0. The van der Waals surface area contributed by atoms with E-state index >= 15 is 0 Å². The van der Waals surface area contributed by atoms with Gasteiger partial charge in [-0.15, -0.1) is 0 Å². The summed E-state index contributed by atoms with van der Waals surface area (Å²) in [6, 6.07) is 14.1. The van der Waals surface area contributed by atoms with Crippen molar-refractivity contribution in [3.05, 3.63) is 59.2 Å². The average Bonchev–Trinajstić information content (AvgIpc) is 2.78. The molecule has 0 unspecified atom stereocenters. The lowest BCUT2D eigenvalue weighted by Gasteiger charge is -2.19. The van der Waals surface area contributed by atoms with E-state index in [0.29, 0.717) is 25.3 Å². The van der Waals surface area contributed by atoms with Crippen LogP contribution in [0.2, 0.25) is 0 Å². The molecule has 0 aliphatic rings. The number of hydrogen-bond donors (Lipinski definition) is 1. The highest BCUT2D eigenvalue weighted by Crippen LogP contribution is 2.32. The Morgan fingerprint density at radius 2 is 1.83 bits per heavy atom. The van der Waals surface area contributed by atoms with E-state index in [-0.39, 0.29) is 18.5 Å². The Morgan fingerprint density at radius 1 is 1.06 bits per heavy atom. The third kappa shape index (κ3) is 9.95. The van der Waals surface area contributed by atoms with Crippen molar-refractivity contribution in [2.45, 2.75) is 66.5 Å². The lowest BCUT2D eigenvalue weighted by atomic mass is 9.99. The van der Waals surface area contributed by atoms with Crippen LogP contribution in [0.3, 0.4) is 0 Å². The molecule has 35 heavy (non-hydrogen) atoms. The standard InChI is InChI=1S/C29H39NO5/c1-7-9-15-34-26-18-22(16-21(3)28(32)33-8-2)13-14-25(26)24-12-10-11-23(17-24)19-30-20-27(31)35-29(4,5)6/h10-14,16-18,30H,7-9,15,19-20H2,1-6H3. The lowest BCUT2D eigenvalue weighted by Crippen LogP contribution is -2.31. The zero-order valence-corrected chi connectivity index (χ0v) is 21.9. The molecule has 0 atom stereocenters. The predicted molar refractivity (Wildman–Crippen MR) is 140 cm³/mol. The van der Waals surface area contributed by atoms with Crippen LogP contribution in [0.15, 0.2) is 48.0 Å². The second-order valence-electron chi connectivity index (χ2n) is 9.40. The zero-order valence-electron chi connectivity index (χ0n) is 21.9. The van der Waals surface area contributed by atoms with Crippen LogP contribution in [-0.4, -0.2) is 37.3 Å². The second-order valence-corrected chi connectivity index (χ2v) is 9.40. The normalized spacial score (nSPS) is 11.8. The fourth-order valence-corrected chi connectivity index (χ4v) is 3.40. The highest BCUT2D eigenvalue weighted by Gasteiger charge is 2.16. The van der Waals surface area contributed by atoms with Crippen molar-refractivity contribution in [3.63, 3.8) is 0 Å². The van der Waals surface area contributed by atoms with Gasteiger partial charge in [-0.2, -0.15) is 0 Å². The van der Waals surface area contributed by atoms with Gasteiger partial charge in [0.15, 0.2) is 0 Å². The van der Waals surface area contributed by atoms with Gasteiger partial charge in [0.05, 0.1) is 19.8 Å². The molecule has 0 spiro atoms. The van der Waals surface area contributed by atoms with Crippen molar-refractivity contribution in [3.8, 4) is 16.9 Å².